The van der Waals surface area contributed by atoms with Crippen LogP contribution in [0.25, 0.3) is 0 Å². The lowest BCUT2D eigenvalue weighted by atomic mass is 10.1. The van der Waals surface area contributed by atoms with E-state index in [9.17, 15) is 4.79 Å². The molecule has 0 aliphatic rings. The summed E-state index contributed by atoms with van der Waals surface area (Å²) in [7, 11) is 0. The normalized spacial score (nSPS) is 10.2. The zero-order valence-corrected chi connectivity index (χ0v) is 12.0. The summed E-state index contributed by atoms with van der Waals surface area (Å²) in [6.45, 7) is 5.08. The molecule has 21 heavy (non-hydrogen) atoms. The summed E-state index contributed by atoms with van der Waals surface area (Å²) < 4.78 is 5.65. The number of aromatic nitrogens is 2. The average molecular weight is 287 g/mol. The molecule has 0 amide bonds. The smallest absolute Gasteiger partial charge is 0.356 e. The quantitative estimate of drug-likeness (QED) is 0.793. The number of carboxylic acid groups (broad SMARTS) is 1. The maximum atomic E-state index is 10.6. The molecule has 1 aromatic heterocycles. The summed E-state index contributed by atoms with van der Waals surface area (Å²) in [4.78, 5) is 18.4. The second kappa shape index (κ2) is 6.69. The van der Waals surface area contributed by atoms with Crippen molar-refractivity contribution in [2.45, 2.75) is 13.8 Å². The van der Waals surface area contributed by atoms with Crippen molar-refractivity contribution in [3.8, 4) is 5.75 Å². The van der Waals surface area contributed by atoms with Crippen molar-refractivity contribution in [2.24, 2.45) is 0 Å². The first-order valence-corrected chi connectivity index (χ1v) is 6.55. The van der Waals surface area contributed by atoms with Crippen molar-refractivity contribution in [3.63, 3.8) is 0 Å². The minimum Gasteiger partial charge on any atom is -0.492 e. The van der Waals surface area contributed by atoms with E-state index < -0.39 is 5.97 Å². The highest BCUT2D eigenvalue weighted by molar-refractivity contribution is 5.84. The van der Waals surface area contributed by atoms with Crippen LogP contribution in [0.3, 0.4) is 0 Å². The van der Waals surface area contributed by atoms with Crippen molar-refractivity contribution < 1.29 is 14.6 Å². The highest BCUT2D eigenvalue weighted by Gasteiger charge is 2.04. The van der Waals surface area contributed by atoms with Gasteiger partial charge in [-0.15, -0.1) is 0 Å². The molecule has 0 aliphatic carbocycles. The molecule has 1 heterocycles. The molecule has 0 fully saturated rings. The van der Waals surface area contributed by atoms with E-state index in [1.165, 1.54) is 12.4 Å². The third-order valence-electron chi connectivity index (χ3n) is 2.74. The topological polar surface area (TPSA) is 84.3 Å². The van der Waals surface area contributed by atoms with E-state index in [1.807, 2.05) is 26.0 Å². The van der Waals surface area contributed by atoms with Gasteiger partial charge in [-0.3, -0.25) is 0 Å². The van der Waals surface area contributed by atoms with E-state index in [1.54, 1.807) is 0 Å². The Kier molecular flexibility index (Phi) is 4.71. The summed E-state index contributed by atoms with van der Waals surface area (Å²) >= 11 is 0. The minimum atomic E-state index is -1.09. The van der Waals surface area contributed by atoms with Crippen molar-refractivity contribution in [2.75, 3.05) is 18.5 Å². The fraction of sp³-hybridized carbons (Fsp3) is 0.267. The Morgan fingerprint density at radius 3 is 2.48 bits per heavy atom. The number of aromatic carboxylic acids is 1. The molecule has 6 heteroatoms. The number of nitrogens with one attached hydrogen (secondary N) is 1. The third-order valence-corrected chi connectivity index (χ3v) is 2.74. The van der Waals surface area contributed by atoms with Crippen LogP contribution in [0.15, 0.2) is 30.6 Å². The fourth-order valence-corrected chi connectivity index (χ4v) is 1.89. The van der Waals surface area contributed by atoms with Gasteiger partial charge in [-0.25, -0.2) is 14.8 Å². The van der Waals surface area contributed by atoms with Crippen LogP contribution in [0.1, 0.15) is 21.6 Å². The second-order valence-electron chi connectivity index (χ2n) is 4.69. The summed E-state index contributed by atoms with van der Waals surface area (Å²) in [5.74, 6) is 0.262. The van der Waals surface area contributed by atoms with Crippen LogP contribution in [-0.4, -0.2) is 34.2 Å². The Morgan fingerprint density at radius 2 is 1.90 bits per heavy atom. The highest BCUT2D eigenvalue weighted by atomic mass is 16.5. The molecule has 0 radical (unpaired) electrons. The van der Waals surface area contributed by atoms with Crippen LogP contribution in [0.4, 0.5) is 5.82 Å². The van der Waals surface area contributed by atoms with E-state index in [4.69, 9.17) is 9.84 Å². The van der Waals surface area contributed by atoms with Crippen molar-refractivity contribution in [1.29, 1.82) is 0 Å². The molecule has 0 saturated heterocycles. The summed E-state index contributed by atoms with van der Waals surface area (Å²) in [5, 5.41) is 11.7. The number of ether oxygens (including phenoxy) is 1. The fourth-order valence-electron chi connectivity index (χ4n) is 1.89. The van der Waals surface area contributed by atoms with Gasteiger partial charge in [0.2, 0.25) is 0 Å². The number of carboxylic acids is 1. The van der Waals surface area contributed by atoms with E-state index in [2.05, 4.69) is 21.4 Å². The minimum absolute atomic E-state index is 0.0768. The molecule has 2 aromatic rings. The summed E-state index contributed by atoms with van der Waals surface area (Å²) in [6, 6.07) is 6.05. The molecule has 110 valence electrons. The van der Waals surface area contributed by atoms with Gasteiger partial charge >= 0.3 is 5.97 Å². The Bertz CT molecular complexity index is 606. The van der Waals surface area contributed by atoms with Gasteiger partial charge in [0.05, 0.1) is 18.9 Å². The Labute approximate surface area is 122 Å². The maximum absolute atomic E-state index is 10.6. The molecular weight excluding hydrogens is 270 g/mol. The molecule has 0 aliphatic heterocycles. The second-order valence-corrected chi connectivity index (χ2v) is 4.69. The van der Waals surface area contributed by atoms with Crippen LogP contribution in [0.2, 0.25) is 0 Å². The lowest BCUT2D eigenvalue weighted by molar-refractivity contribution is 0.0690. The molecule has 6 nitrogen and oxygen atoms in total. The third kappa shape index (κ3) is 4.45. The van der Waals surface area contributed by atoms with Gasteiger partial charge in [-0.1, -0.05) is 6.07 Å². The number of carbonyl (C=O) groups is 1. The van der Waals surface area contributed by atoms with Crippen LogP contribution >= 0.6 is 0 Å². The predicted octanol–water partition coefficient (Wildman–Crippen LogP) is 2.28. The van der Waals surface area contributed by atoms with Crippen molar-refractivity contribution in [1.82, 2.24) is 9.97 Å². The molecule has 0 atom stereocenters. The van der Waals surface area contributed by atoms with Crippen LogP contribution in [0, 0.1) is 13.8 Å². The molecular formula is C15H17N3O3. The van der Waals surface area contributed by atoms with Crippen LogP contribution in [-0.2, 0) is 0 Å². The van der Waals surface area contributed by atoms with Crippen LogP contribution < -0.4 is 10.1 Å². The predicted molar refractivity (Wildman–Crippen MR) is 78.9 cm³/mol. The molecule has 2 N–H and O–H groups in total. The SMILES string of the molecule is Cc1cc(C)cc(OCCNc2cnc(C(=O)O)cn2)c1. The Balaban J connectivity index is 1.80. The zero-order valence-electron chi connectivity index (χ0n) is 12.0. The monoisotopic (exact) mass is 287 g/mol. The van der Waals surface area contributed by atoms with Gasteiger partial charge in [0.15, 0.2) is 5.69 Å². The number of rotatable bonds is 6. The first-order valence-electron chi connectivity index (χ1n) is 6.55. The van der Waals surface area contributed by atoms with E-state index >= 15 is 0 Å². The van der Waals surface area contributed by atoms with E-state index in [-0.39, 0.29) is 5.69 Å². The number of nitrogens with zero attached hydrogens (tertiary/aromatic N) is 2. The first-order chi connectivity index (χ1) is 10.0. The van der Waals surface area contributed by atoms with Crippen LogP contribution in [0.5, 0.6) is 5.75 Å². The average Bonchev–Trinajstić information content (AvgIpc) is 2.43. The number of benzene rings is 1. The summed E-state index contributed by atoms with van der Waals surface area (Å²) in [5.41, 5.74) is 2.24. The lowest BCUT2D eigenvalue weighted by Gasteiger charge is -2.09. The molecule has 1 aromatic carbocycles. The Hall–Kier alpha value is -2.63. The summed E-state index contributed by atoms with van der Waals surface area (Å²) in [6.07, 6.45) is 2.61. The van der Waals surface area contributed by atoms with E-state index in [0.29, 0.717) is 19.0 Å². The van der Waals surface area contributed by atoms with Crippen molar-refractivity contribution in [3.05, 3.63) is 47.4 Å². The van der Waals surface area contributed by atoms with Gasteiger partial charge in [-0.05, 0) is 37.1 Å². The molecule has 0 saturated carbocycles. The number of aryl methyl sites for hydroxylation is 2. The standard InChI is InChI=1S/C15H17N3O3/c1-10-5-11(2)7-12(6-10)21-4-3-16-14-9-17-13(8-18-14)15(19)20/h5-9H,3-4H2,1-2H3,(H,16,18)(H,19,20). The highest BCUT2D eigenvalue weighted by Crippen LogP contribution is 2.15. The first kappa shape index (κ1) is 14.8. The van der Waals surface area contributed by atoms with E-state index in [0.717, 1.165) is 16.9 Å². The molecule has 2 rings (SSSR count). The largest absolute Gasteiger partial charge is 0.492 e. The van der Waals surface area contributed by atoms with Gasteiger partial charge in [0.25, 0.3) is 0 Å². The molecule has 0 bridgehead atoms. The maximum Gasteiger partial charge on any atom is 0.356 e. The van der Waals surface area contributed by atoms with Gasteiger partial charge in [0, 0.05) is 0 Å². The lowest BCUT2D eigenvalue weighted by Crippen LogP contribution is -2.13. The molecule has 0 unspecified atom stereocenters. The Morgan fingerprint density at radius 1 is 1.19 bits per heavy atom. The number of hydrogen-bond donors (Lipinski definition) is 2. The van der Waals surface area contributed by atoms with Gasteiger partial charge in [-0.2, -0.15) is 0 Å². The number of anilines is 1. The number of hydrogen-bond acceptors (Lipinski definition) is 5. The van der Waals surface area contributed by atoms with Gasteiger partial charge < -0.3 is 15.2 Å². The van der Waals surface area contributed by atoms with Gasteiger partial charge in [0.1, 0.15) is 18.2 Å². The van der Waals surface area contributed by atoms with Crippen molar-refractivity contribution >= 4 is 11.8 Å². The zero-order chi connectivity index (χ0) is 15.2. The molecule has 0 spiro atoms.